The van der Waals surface area contributed by atoms with Gasteiger partial charge in [-0.2, -0.15) is 0 Å². The van der Waals surface area contributed by atoms with Gasteiger partial charge in [0.1, 0.15) is 6.04 Å². The lowest BCUT2D eigenvalue weighted by Gasteiger charge is -2.28. The third kappa shape index (κ3) is 2.48. The third-order valence-corrected chi connectivity index (χ3v) is 4.24. The zero-order chi connectivity index (χ0) is 14.1. The molecule has 7 heteroatoms. The molecule has 3 rings (SSSR count). The molecule has 2 bridgehead atoms. The summed E-state index contributed by atoms with van der Waals surface area (Å²) < 4.78 is 0. The molecule has 108 valence electrons. The lowest BCUT2D eigenvalue weighted by molar-refractivity contribution is -0.139. The number of imidazole rings is 1. The van der Waals surface area contributed by atoms with E-state index >= 15 is 0 Å². The van der Waals surface area contributed by atoms with E-state index in [0.29, 0.717) is 17.7 Å². The van der Waals surface area contributed by atoms with Gasteiger partial charge in [0.15, 0.2) is 0 Å². The molecule has 1 saturated carbocycles. The summed E-state index contributed by atoms with van der Waals surface area (Å²) in [5.41, 5.74) is 0.695. The van der Waals surface area contributed by atoms with Crippen molar-refractivity contribution in [3.05, 3.63) is 18.2 Å². The second-order valence-electron chi connectivity index (χ2n) is 5.61. The Kier molecular flexibility index (Phi) is 3.33. The van der Waals surface area contributed by atoms with Crippen molar-refractivity contribution in [3.8, 4) is 0 Å². The van der Waals surface area contributed by atoms with Gasteiger partial charge in [0.25, 0.3) is 0 Å². The Hall–Kier alpha value is -2.05. The average Bonchev–Trinajstić information content (AvgIpc) is 3.14. The van der Waals surface area contributed by atoms with Crippen molar-refractivity contribution < 1.29 is 14.7 Å². The van der Waals surface area contributed by atoms with E-state index in [0.717, 1.165) is 19.4 Å². The van der Waals surface area contributed by atoms with E-state index in [1.54, 1.807) is 11.1 Å². The van der Waals surface area contributed by atoms with Gasteiger partial charge in [0, 0.05) is 30.9 Å². The average molecular weight is 278 g/mol. The first-order valence-electron chi connectivity index (χ1n) is 6.90. The van der Waals surface area contributed by atoms with Crippen LogP contribution in [0, 0.1) is 5.92 Å². The van der Waals surface area contributed by atoms with Gasteiger partial charge in [-0.15, -0.1) is 0 Å². The zero-order valence-corrected chi connectivity index (χ0v) is 11.1. The van der Waals surface area contributed by atoms with Crippen LogP contribution in [0.5, 0.6) is 0 Å². The molecule has 2 heterocycles. The van der Waals surface area contributed by atoms with Gasteiger partial charge in [-0.1, -0.05) is 0 Å². The van der Waals surface area contributed by atoms with Crippen molar-refractivity contribution in [1.82, 2.24) is 20.2 Å². The monoisotopic (exact) mass is 278 g/mol. The molecule has 3 atom stereocenters. The van der Waals surface area contributed by atoms with Crippen molar-refractivity contribution in [1.29, 1.82) is 0 Å². The van der Waals surface area contributed by atoms with E-state index in [1.807, 2.05) is 0 Å². The van der Waals surface area contributed by atoms with Crippen LogP contribution >= 0.6 is 0 Å². The number of urea groups is 1. The standard InChI is InChI=1S/C13H18N4O3/c18-12(19)11(4-9-5-14-7-15-9)16-13(20)17-6-8-1-2-10(17)3-8/h5,7-8,10-11H,1-4,6H2,(H,14,15)(H,16,20)(H,18,19)/t8?,10?,11-/m0/s1. The van der Waals surface area contributed by atoms with Crippen molar-refractivity contribution in [2.75, 3.05) is 6.54 Å². The molecular weight excluding hydrogens is 260 g/mol. The number of hydrogen-bond donors (Lipinski definition) is 3. The molecule has 1 aliphatic carbocycles. The fourth-order valence-corrected chi connectivity index (χ4v) is 3.22. The Balaban J connectivity index is 1.61. The fourth-order valence-electron chi connectivity index (χ4n) is 3.22. The van der Waals surface area contributed by atoms with Crippen LogP contribution in [0.4, 0.5) is 4.79 Å². The van der Waals surface area contributed by atoms with E-state index in [1.165, 1.54) is 12.7 Å². The number of carbonyl (C=O) groups excluding carboxylic acids is 1. The molecular formula is C13H18N4O3. The molecule has 7 nitrogen and oxygen atoms in total. The highest BCUT2D eigenvalue weighted by atomic mass is 16.4. The Morgan fingerprint density at radius 3 is 2.95 bits per heavy atom. The largest absolute Gasteiger partial charge is 0.480 e. The van der Waals surface area contributed by atoms with Crippen LogP contribution in [-0.4, -0.2) is 50.6 Å². The minimum atomic E-state index is -1.03. The molecule has 3 N–H and O–H groups in total. The number of fused-ring (bicyclic) bond motifs is 2. The maximum atomic E-state index is 12.2. The van der Waals surface area contributed by atoms with E-state index in [-0.39, 0.29) is 12.5 Å². The summed E-state index contributed by atoms with van der Waals surface area (Å²) in [4.78, 5) is 32.0. The summed E-state index contributed by atoms with van der Waals surface area (Å²) in [5, 5.41) is 11.8. The van der Waals surface area contributed by atoms with E-state index in [9.17, 15) is 14.7 Å². The maximum Gasteiger partial charge on any atom is 0.326 e. The van der Waals surface area contributed by atoms with Crippen LogP contribution < -0.4 is 5.32 Å². The minimum Gasteiger partial charge on any atom is -0.480 e. The summed E-state index contributed by atoms with van der Waals surface area (Å²) in [7, 11) is 0. The number of aromatic amines is 1. The van der Waals surface area contributed by atoms with Crippen LogP contribution in [0.25, 0.3) is 0 Å². The molecule has 2 unspecified atom stereocenters. The number of H-pyrrole nitrogens is 1. The van der Waals surface area contributed by atoms with Gasteiger partial charge >= 0.3 is 12.0 Å². The summed E-state index contributed by atoms with van der Waals surface area (Å²) in [6, 6.07) is -0.896. The first-order chi connectivity index (χ1) is 9.63. The number of likely N-dealkylation sites (tertiary alicyclic amines) is 1. The zero-order valence-electron chi connectivity index (χ0n) is 11.1. The summed E-state index contributed by atoms with van der Waals surface area (Å²) in [6.45, 7) is 0.757. The number of carboxylic acid groups (broad SMARTS) is 1. The molecule has 1 aromatic rings. The smallest absolute Gasteiger partial charge is 0.326 e. The van der Waals surface area contributed by atoms with Gasteiger partial charge in [0.2, 0.25) is 0 Å². The van der Waals surface area contributed by atoms with Crippen molar-refractivity contribution >= 4 is 12.0 Å². The van der Waals surface area contributed by atoms with Crippen molar-refractivity contribution in [2.24, 2.45) is 5.92 Å². The summed E-state index contributed by atoms with van der Waals surface area (Å²) >= 11 is 0. The molecule has 0 aromatic carbocycles. The lowest BCUT2D eigenvalue weighted by atomic mass is 10.1. The molecule has 2 fully saturated rings. The van der Waals surface area contributed by atoms with Gasteiger partial charge < -0.3 is 20.3 Å². The maximum absolute atomic E-state index is 12.2. The lowest BCUT2D eigenvalue weighted by Crippen LogP contribution is -2.51. The number of aliphatic carboxylic acids is 1. The predicted octanol–water partition coefficient (Wildman–Crippen LogP) is 0.599. The SMILES string of the molecule is O=C(O)[C@H](Cc1cnc[nH]1)NC(=O)N1CC2CCC1C2. The van der Waals surface area contributed by atoms with E-state index in [4.69, 9.17) is 0 Å². The molecule has 1 aromatic heterocycles. The Morgan fingerprint density at radius 2 is 2.40 bits per heavy atom. The van der Waals surface area contributed by atoms with Crippen molar-refractivity contribution in [2.45, 2.75) is 37.8 Å². The Labute approximate surface area is 116 Å². The van der Waals surface area contributed by atoms with Gasteiger partial charge in [0.05, 0.1) is 6.33 Å². The number of nitrogens with zero attached hydrogens (tertiary/aromatic N) is 2. The number of aromatic nitrogens is 2. The van der Waals surface area contributed by atoms with Crippen LogP contribution in [-0.2, 0) is 11.2 Å². The number of piperidine rings is 1. The number of rotatable bonds is 4. The topological polar surface area (TPSA) is 98.3 Å². The number of hydrogen-bond acceptors (Lipinski definition) is 3. The summed E-state index contributed by atoms with van der Waals surface area (Å²) in [5.74, 6) is -0.432. The Bertz CT molecular complexity index is 502. The molecule has 0 radical (unpaired) electrons. The number of carbonyl (C=O) groups is 2. The first kappa shape index (κ1) is 13.0. The van der Waals surface area contributed by atoms with Crippen LogP contribution in [0.3, 0.4) is 0 Å². The second kappa shape index (κ2) is 5.15. The van der Waals surface area contributed by atoms with Crippen LogP contribution in [0.2, 0.25) is 0 Å². The quantitative estimate of drug-likeness (QED) is 0.751. The number of nitrogens with one attached hydrogen (secondary N) is 2. The molecule has 0 spiro atoms. The first-order valence-corrected chi connectivity index (χ1v) is 6.90. The Morgan fingerprint density at radius 1 is 1.55 bits per heavy atom. The predicted molar refractivity (Wildman–Crippen MR) is 70.1 cm³/mol. The number of carboxylic acids is 1. The fraction of sp³-hybridized carbons (Fsp3) is 0.615. The van der Waals surface area contributed by atoms with E-state index in [2.05, 4.69) is 15.3 Å². The number of amides is 2. The van der Waals surface area contributed by atoms with Crippen LogP contribution in [0.15, 0.2) is 12.5 Å². The highest BCUT2D eigenvalue weighted by molar-refractivity contribution is 5.83. The van der Waals surface area contributed by atoms with Gasteiger partial charge in [-0.05, 0) is 25.2 Å². The highest BCUT2D eigenvalue weighted by Crippen LogP contribution is 2.37. The normalized spacial score (nSPS) is 25.7. The van der Waals surface area contributed by atoms with Crippen LogP contribution in [0.1, 0.15) is 25.0 Å². The molecule has 2 aliphatic rings. The molecule has 20 heavy (non-hydrogen) atoms. The molecule has 1 saturated heterocycles. The molecule has 2 amide bonds. The molecule has 1 aliphatic heterocycles. The van der Waals surface area contributed by atoms with Gasteiger partial charge in [-0.25, -0.2) is 14.6 Å². The van der Waals surface area contributed by atoms with Gasteiger partial charge in [-0.3, -0.25) is 0 Å². The highest BCUT2D eigenvalue weighted by Gasteiger charge is 2.41. The summed E-state index contributed by atoms with van der Waals surface area (Å²) in [6.07, 6.45) is 6.56. The second-order valence-corrected chi connectivity index (χ2v) is 5.61. The third-order valence-electron chi connectivity index (χ3n) is 4.24. The van der Waals surface area contributed by atoms with E-state index < -0.39 is 12.0 Å². The minimum absolute atomic E-state index is 0.211. The van der Waals surface area contributed by atoms with Crippen molar-refractivity contribution in [3.63, 3.8) is 0 Å².